The number of hydrogen-bond donors (Lipinski definition) is 0. The lowest BCUT2D eigenvalue weighted by Gasteiger charge is -2.11. The summed E-state index contributed by atoms with van der Waals surface area (Å²) in [6, 6.07) is 27.0. The number of ether oxygens (including phenoxy) is 1. The molecule has 0 radical (unpaired) electrons. The number of fused-ring (bicyclic) bond motifs is 5. The summed E-state index contributed by atoms with van der Waals surface area (Å²) in [5, 5.41) is 8.27. The van der Waals surface area contributed by atoms with E-state index in [4.69, 9.17) is 9.84 Å². The highest BCUT2D eigenvalue weighted by Crippen LogP contribution is 2.36. The van der Waals surface area contributed by atoms with Crippen LogP contribution in [0.5, 0.6) is 5.75 Å². The zero-order valence-electron chi connectivity index (χ0n) is 13.8. The molecule has 0 aliphatic rings. The van der Waals surface area contributed by atoms with Crippen LogP contribution in [0.4, 0.5) is 0 Å². The van der Waals surface area contributed by atoms with Crippen molar-refractivity contribution in [1.82, 2.24) is 9.61 Å². The molecule has 0 fully saturated rings. The minimum atomic E-state index is 0.877. The van der Waals surface area contributed by atoms with Crippen LogP contribution in [0, 0.1) is 0 Å². The van der Waals surface area contributed by atoms with Gasteiger partial charge in [0.2, 0.25) is 0 Å². The van der Waals surface area contributed by atoms with Crippen molar-refractivity contribution in [3.05, 3.63) is 78.9 Å². The summed E-state index contributed by atoms with van der Waals surface area (Å²) in [4.78, 5) is 0. The quantitative estimate of drug-likeness (QED) is 0.439. The smallest absolute Gasteiger partial charge is 0.126 e. The molecule has 0 aliphatic carbocycles. The highest BCUT2D eigenvalue weighted by atomic mass is 16.5. The van der Waals surface area contributed by atoms with Gasteiger partial charge in [0.25, 0.3) is 0 Å². The Hall–Kier alpha value is -3.33. The number of methoxy groups -OCH3 is 1. The summed E-state index contributed by atoms with van der Waals surface area (Å²) in [5.41, 5.74) is 4.30. The number of pyridine rings is 1. The molecule has 0 N–H and O–H groups in total. The monoisotopic (exact) mass is 324 g/mol. The van der Waals surface area contributed by atoms with Gasteiger partial charge in [-0.25, -0.2) is 4.52 Å². The van der Waals surface area contributed by atoms with Crippen LogP contribution < -0.4 is 4.74 Å². The van der Waals surface area contributed by atoms with Crippen LogP contribution in [-0.4, -0.2) is 16.7 Å². The van der Waals surface area contributed by atoms with E-state index in [2.05, 4.69) is 59.1 Å². The fourth-order valence-corrected chi connectivity index (χ4v) is 3.56. The third-order valence-corrected chi connectivity index (χ3v) is 4.70. The summed E-state index contributed by atoms with van der Waals surface area (Å²) >= 11 is 0. The van der Waals surface area contributed by atoms with E-state index in [1.807, 2.05) is 24.3 Å². The van der Waals surface area contributed by atoms with Crippen LogP contribution in [0.25, 0.3) is 38.4 Å². The molecule has 0 saturated carbocycles. The minimum absolute atomic E-state index is 0.877. The fraction of sp³-hybridized carbons (Fsp3) is 0.0455. The molecule has 0 bridgehead atoms. The lowest BCUT2D eigenvalue weighted by Crippen LogP contribution is -1.96. The van der Waals surface area contributed by atoms with E-state index in [-0.39, 0.29) is 0 Å². The third kappa shape index (κ3) is 2.02. The van der Waals surface area contributed by atoms with Gasteiger partial charge in [-0.05, 0) is 18.2 Å². The second-order valence-corrected chi connectivity index (χ2v) is 6.09. The molecule has 120 valence electrons. The molecule has 0 amide bonds. The van der Waals surface area contributed by atoms with Gasteiger partial charge < -0.3 is 4.74 Å². The number of hydrogen-bond acceptors (Lipinski definition) is 2. The van der Waals surface area contributed by atoms with Gasteiger partial charge in [-0.15, -0.1) is 0 Å². The zero-order chi connectivity index (χ0) is 16.8. The maximum absolute atomic E-state index is 5.63. The van der Waals surface area contributed by atoms with Crippen LogP contribution in [-0.2, 0) is 0 Å². The van der Waals surface area contributed by atoms with Crippen LogP contribution >= 0.6 is 0 Å². The Bertz CT molecular complexity index is 1220. The number of aromatic nitrogens is 2. The molecule has 0 aliphatic heterocycles. The van der Waals surface area contributed by atoms with Crippen molar-refractivity contribution >= 4 is 27.2 Å². The molecule has 0 spiro atoms. The van der Waals surface area contributed by atoms with Crippen molar-refractivity contribution in [2.75, 3.05) is 7.11 Å². The first-order valence-corrected chi connectivity index (χ1v) is 8.29. The Labute approximate surface area is 145 Å². The minimum Gasteiger partial charge on any atom is -0.496 e. The zero-order valence-corrected chi connectivity index (χ0v) is 13.8. The van der Waals surface area contributed by atoms with E-state index in [1.54, 1.807) is 7.11 Å². The van der Waals surface area contributed by atoms with Gasteiger partial charge in [0.15, 0.2) is 0 Å². The standard InChI is InChI=1S/C22H16N2O/c1-25-21-13-7-11-16-18(21)14-20(15-8-3-2-4-9-15)24-22(16)17-10-5-6-12-19(17)23-24/h2-14H,1H3. The first-order valence-electron chi connectivity index (χ1n) is 8.29. The summed E-state index contributed by atoms with van der Waals surface area (Å²) in [7, 11) is 1.72. The lowest BCUT2D eigenvalue weighted by molar-refractivity contribution is 0.420. The van der Waals surface area contributed by atoms with E-state index >= 15 is 0 Å². The Morgan fingerprint density at radius 3 is 2.36 bits per heavy atom. The molecule has 0 saturated heterocycles. The summed E-state index contributed by atoms with van der Waals surface area (Å²) in [6.07, 6.45) is 0. The lowest BCUT2D eigenvalue weighted by atomic mass is 10.0. The van der Waals surface area contributed by atoms with E-state index in [1.165, 1.54) is 0 Å². The molecule has 25 heavy (non-hydrogen) atoms. The SMILES string of the molecule is COc1cccc2c1cc(-c1ccccc1)n1nc3ccccc3c21. The number of benzene rings is 3. The average molecular weight is 324 g/mol. The normalized spacial score (nSPS) is 11.4. The van der Waals surface area contributed by atoms with Gasteiger partial charge in [0.05, 0.1) is 23.8 Å². The Balaban J connectivity index is 2.05. The van der Waals surface area contributed by atoms with E-state index in [0.29, 0.717) is 0 Å². The van der Waals surface area contributed by atoms with Gasteiger partial charge in [-0.3, -0.25) is 0 Å². The molecular formula is C22H16N2O. The Morgan fingerprint density at radius 1 is 0.760 bits per heavy atom. The summed E-state index contributed by atoms with van der Waals surface area (Å²) in [5.74, 6) is 0.877. The van der Waals surface area contributed by atoms with Gasteiger partial charge in [0, 0.05) is 21.7 Å². The molecule has 2 heterocycles. The second kappa shape index (κ2) is 5.35. The third-order valence-electron chi connectivity index (χ3n) is 4.70. The van der Waals surface area contributed by atoms with Crippen molar-refractivity contribution in [3.63, 3.8) is 0 Å². The molecule has 5 aromatic rings. The topological polar surface area (TPSA) is 26.5 Å². The van der Waals surface area contributed by atoms with Gasteiger partial charge >= 0.3 is 0 Å². The average Bonchev–Trinajstić information content (AvgIpc) is 3.07. The summed E-state index contributed by atoms with van der Waals surface area (Å²) in [6.45, 7) is 0. The second-order valence-electron chi connectivity index (χ2n) is 6.09. The Morgan fingerprint density at radius 2 is 1.52 bits per heavy atom. The predicted octanol–water partition coefficient (Wildman–Crippen LogP) is 5.32. The van der Waals surface area contributed by atoms with Crippen molar-refractivity contribution < 1.29 is 4.74 Å². The number of nitrogens with zero attached hydrogens (tertiary/aromatic N) is 2. The molecule has 3 heteroatoms. The molecule has 5 rings (SSSR count). The maximum atomic E-state index is 5.63. The first-order chi connectivity index (χ1) is 12.4. The summed E-state index contributed by atoms with van der Waals surface area (Å²) < 4.78 is 7.68. The van der Waals surface area contributed by atoms with E-state index in [9.17, 15) is 0 Å². The largest absolute Gasteiger partial charge is 0.496 e. The predicted molar refractivity (Wildman–Crippen MR) is 102 cm³/mol. The van der Waals surface area contributed by atoms with Crippen molar-refractivity contribution in [1.29, 1.82) is 0 Å². The van der Waals surface area contributed by atoms with Gasteiger partial charge in [0.1, 0.15) is 5.75 Å². The number of rotatable bonds is 2. The highest BCUT2D eigenvalue weighted by molar-refractivity contribution is 6.12. The van der Waals surface area contributed by atoms with Crippen molar-refractivity contribution in [2.24, 2.45) is 0 Å². The van der Waals surface area contributed by atoms with Gasteiger partial charge in [-0.2, -0.15) is 5.10 Å². The fourth-order valence-electron chi connectivity index (χ4n) is 3.56. The molecule has 0 unspecified atom stereocenters. The van der Waals surface area contributed by atoms with Crippen LogP contribution in [0.3, 0.4) is 0 Å². The molecule has 0 atom stereocenters. The van der Waals surface area contributed by atoms with Crippen LogP contribution in [0.2, 0.25) is 0 Å². The van der Waals surface area contributed by atoms with Crippen LogP contribution in [0.1, 0.15) is 0 Å². The van der Waals surface area contributed by atoms with Crippen LogP contribution in [0.15, 0.2) is 78.9 Å². The Kier molecular flexibility index (Phi) is 3.01. The molecule has 3 nitrogen and oxygen atoms in total. The molecular weight excluding hydrogens is 308 g/mol. The van der Waals surface area contributed by atoms with Gasteiger partial charge in [-0.1, -0.05) is 60.7 Å². The maximum Gasteiger partial charge on any atom is 0.126 e. The molecule has 3 aromatic carbocycles. The first kappa shape index (κ1) is 14.1. The van der Waals surface area contributed by atoms with E-state index < -0.39 is 0 Å². The molecule has 2 aromatic heterocycles. The van der Waals surface area contributed by atoms with E-state index in [0.717, 1.165) is 44.2 Å². The highest BCUT2D eigenvalue weighted by Gasteiger charge is 2.15. The van der Waals surface area contributed by atoms with Crippen molar-refractivity contribution in [3.8, 4) is 17.0 Å². The van der Waals surface area contributed by atoms with Crippen molar-refractivity contribution in [2.45, 2.75) is 0 Å².